The zero-order chi connectivity index (χ0) is 23.7. The van der Waals surface area contributed by atoms with Crippen molar-refractivity contribution in [2.24, 2.45) is 0 Å². The van der Waals surface area contributed by atoms with Crippen molar-refractivity contribution in [3.8, 4) is 0 Å². The molecule has 0 aliphatic rings. The van der Waals surface area contributed by atoms with E-state index in [1.807, 2.05) is 0 Å². The highest BCUT2D eigenvalue weighted by molar-refractivity contribution is 6.30. The van der Waals surface area contributed by atoms with Gasteiger partial charge in [0.1, 0.15) is 18.7 Å². The first-order valence-corrected chi connectivity index (χ1v) is 9.96. The number of ketones is 1. The summed E-state index contributed by atoms with van der Waals surface area (Å²) < 4.78 is 9.75. The second kappa shape index (κ2) is 11.7. The minimum atomic E-state index is -1.39. The number of Topliss-reactive ketones (excluding diaryl/α,β-unsaturated/α-hetero) is 1. The molecule has 0 radical (unpaired) electrons. The minimum Gasteiger partial charge on any atom is -0.481 e. The highest BCUT2D eigenvalue weighted by atomic mass is 35.5. The maximum absolute atomic E-state index is 13.1. The van der Waals surface area contributed by atoms with Crippen LogP contribution < -0.4 is 10.6 Å². The first-order chi connectivity index (χ1) is 15.2. The zero-order valence-electron chi connectivity index (χ0n) is 17.5. The third kappa shape index (κ3) is 7.28. The Morgan fingerprint density at radius 2 is 1.72 bits per heavy atom. The predicted molar refractivity (Wildman–Crippen MR) is 117 cm³/mol. The molecule has 3 N–H and O–H groups in total. The third-order valence-electron chi connectivity index (χ3n) is 4.39. The van der Waals surface area contributed by atoms with Gasteiger partial charge in [0.25, 0.3) is 0 Å². The van der Waals surface area contributed by atoms with Gasteiger partial charge in [-0.15, -0.1) is 0 Å². The lowest BCUT2D eigenvalue weighted by molar-refractivity contribution is -0.141. The van der Waals surface area contributed by atoms with Crippen molar-refractivity contribution >= 4 is 41.1 Å². The van der Waals surface area contributed by atoms with E-state index in [2.05, 4.69) is 15.4 Å². The van der Waals surface area contributed by atoms with E-state index in [1.54, 1.807) is 49.4 Å². The van der Waals surface area contributed by atoms with Crippen LogP contribution in [0.2, 0.25) is 5.02 Å². The standard InChI is InChI=1S/C22H23ClN2O7/c1-13(21(29)31-2)24-17-6-4-3-5-16(17)20(28)18(11-19(26)27)25-22(30)32-12-14-7-9-15(23)10-8-14/h3-10,13,18,24H,11-12H2,1-2H3,(H,25,30)(H,26,27)/t13?,18-/m0/s1. The smallest absolute Gasteiger partial charge is 0.408 e. The third-order valence-corrected chi connectivity index (χ3v) is 4.64. The quantitative estimate of drug-likeness (QED) is 0.362. The average Bonchev–Trinajstić information content (AvgIpc) is 2.77. The molecule has 2 aromatic carbocycles. The number of benzene rings is 2. The molecule has 10 heteroatoms. The van der Waals surface area contributed by atoms with E-state index in [0.717, 1.165) is 0 Å². The molecule has 1 unspecified atom stereocenters. The molecule has 0 heterocycles. The molecule has 0 aliphatic heterocycles. The summed E-state index contributed by atoms with van der Waals surface area (Å²) in [7, 11) is 1.24. The highest BCUT2D eigenvalue weighted by Gasteiger charge is 2.28. The van der Waals surface area contributed by atoms with Crippen LogP contribution >= 0.6 is 11.6 Å². The molecular weight excluding hydrogens is 440 g/mol. The van der Waals surface area contributed by atoms with Crippen molar-refractivity contribution < 1.29 is 33.8 Å². The number of esters is 1. The Morgan fingerprint density at radius 3 is 2.34 bits per heavy atom. The number of aliphatic carboxylic acids is 1. The molecule has 0 spiro atoms. The Labute approximate surface area is 189 Å². The molecule has 0 saturated heterocycles. The fourth-order valence-corrected chi connectivity index (χ4v) is 2.90. The lowest BCUT2D eigenvalue weighted by Gasteiger charge is -2.20. The predicted octanol–water partition coefficient (Wildman–Crippen LogP) is 3.27. The largest absolute Gasteiger partial charge is 0.481 e. The van der Waals surface area contributed by atoms with E-state index in [4.69, 9.17) is 16.3 Å². The molecule has 9 nitrogen and oxygen atoms in total. The Morgan fingerprint density at radius 1 is 1.06 bits per heavy atom. The Hall–Kier alpha value is -3.59. The number of hydrogen-bond donors (Lipinski definition) is 3. The van der Waals surface area contributed by atoms with Crippen LogP contribution in [0.25, 0.3) is 0 Å². The molecule has 2 rings (SSSR count). The van der Waals surface area contributed by atoms with Crippen LogP contribution in [0, 0.1) is 0 Å². The van der Waals surface area contributed by atoms with Crippen molar-refractivity contribution in [2.75, 3.05) is 12.4 Å². The van der Waals surface area contributed by atoms with Gasteiger partial charge in [0.15, 0.2) is 5.78 Å². The number of nitrogens with one attached hydrogen (secondary N) is 2. The molecular formula is C22H23ClN2O7. The number of ether oxygens (including phenoxy) is 2. The number of methoxy groups -OCH3 is 1. The number of carbonyl (C=O) groups excluding carboxylic acids is 3. The number of carboxylic acid groups (broad SMARTS) is 1. The number of para-hydroxylation sites is 1. The summed E-state index contributed by atoms with van der Waals surface area (Å²) in [6.07, 6.45) is -1.61. The molecule has 170 valence electrons. The molecule has 2 atom stereocenters. The number of halogens is 1. The fourth-order valence-electron chi connectivity index (χ4n) is 2.78. The first-order valence-electron chi connectivity index (χ1n) is 9.58. The summed E-state index contributed by atoms with van der Waals surface area (Å²) in [6, 6.07) is 10.7. The monoisotopic (exact) mass is 462 g/mol. The topological polar surface area (TPSA) is 131 Å². The van der Waals surface area contributed by atoms with Gasteiger partial charge in [-0.05, 0) is 36.8 Å². The molecule has 0 saturated carbocycles. The van der Waals surface area contributed by atoms with E-state index in [9.17, 15) is 24.3 Å². The van der Waals surface area contributed by atoms with Crippen molar-refractivity contribution in [1.29, 1.82) is 0 Å². The number of anilines is 1. The SMILES string of the molecule is COC(=O)C(C)Nc1ccccc1C(=O)[C@H](CC(=O)O)NC(=O)OCc1ccc(Cl)cc1. The van der Waals surface area contributed by atoms with Crippen LogP contribution in [0.15, 0.2) is 48.5 Å². The lowest BCUT2D eigenvalue weighted by Crippen LogP contribution is -2.43. The van der Waals surface area contributed by atoms with Crippen molar-refractivity contribution in [2.45, 2.75) is 32.0 Å². The van der Waals surface area contributed by atoms with E-state index in [-0.39, 0.29) is 12.2 Å². The Balaban J connectivity index is 2.14. The number of amides is 1. The van der Waals surface area contributed by atoms with Gasteiger partial charge in [-0.2, -0.15) is 0 Å². The van der Waals surface area contributed by atoms with Crippen molar-refractivity contribution in [3.05, 3.63) is 64.7 Å². The maximum Gasteiger partial charge on any atom is 0.408 e. The van der Waals surface area contributed by atoms with Crippen molar-refractivity contribution in [3.63, 3.8) is 0 Å². The van der Waals surface area contributed by atoms with Gasteiger partial charge in [0, 0.05) is 16.3 Å². The Kier molecular flexibility index (Phi) is 9.03. The summed E-state index contributed by atoms with van der Waals surface area (Å²) in [6.45, 7) is 1.46. The number of alkyl carbamates (subject to hydrolysis) is 1. The lowest BCUT2D eigenvalue weighted by atomic mass is 9.99. The van der Waals surface area contributed by atoms with Gasteiger partial charge < -0.3 is 25.2 Å². The van der Waals surface area contributed by atoms with Gasteiger partial charge in [0.05, 0.1) is 13.5 Å². The molecule has 2 aromatic rings. The van der Waals surface area contributed by atoms with Gasteiger partial charge in [-0.3, -0.25) is 9.59 Å². The van der Waals surface area contributed by atoms with Crippen LogP contribution in [0.4, 0.5) is 10.5 Å². The highest BCUT2D eigenvalue weighted by Crippen LogP contribution is 2.20. The number of rotatable bonds is 10. The minimum absolute atomic E-state index is 0.0915. The van der Waals surface area contributed by atoms with Gasteiger partial charge in [0.2, 0.25) is 0 Å². The molecule has 0 bridgehead atoms. The Bertz CT molecular complexity index is 978. The number of hydrogen-bond acceptors (Lipinski definition) is 7. The molecule has 32 heavy (non-hydrogen) atoms. The average molecular weight is 463 g/mol. The second-order valence-electron chi connectivity index (χ2n) is 6.80. The summed E-state index contributed by atoms with van der Waals surface area (Å²) in [5, 5.41) is 14.9. The second-order valence-corrected chi connectivity index (χ2v) is 7.23. The summed E-state index contributed by atoms with van der Waals surface area (Å²) in [5.74, 6) is -2.48. The van der Waals surface area contributed by atoms with Gasteiger partial charge >= 0.3 is 18.0 Å². The number of carbonyl (C=O) groups is 4. The van der Waals surface area contributed by atoms with Gasteiger partial charge in [-0.1, -0.05) is 35.9 Å². The summed E-state index contributed by atoms with van der Waals surface area (Å²) in [4.78, 5) is 48.3. The van der Waals surface area contributed by atoms with Crippen LogP contribution in [-0.4, -0.2) is 48.1 Å². The van der Waals surface area contributed by atoms with E-state index >= 15 is 0 Å². The fraction of sp³-hybridized carbons (Fsp3) is 0.273. The normalized spacial score (nSPS) is 12.2. The molecule has 0 aliphatic carbocycles. The zero-order valence-corrected chi connectivity index (χ0v) is 18.2. The molecule has 0 fully saturated rings. The van der Waals surface area contributed by atoms with Crippen LogP contribution in [-0.2, 0) is 25.7 Å². The van der Waals surface area contributed by atoms with E-state index in [1.165, 1.54) is 13.2 Å². The van der Waals surface area contributed by atoms with Gasteiger partial charge in [-0.25, -0.2) is 9.59 Å². The van der Waals surface area contributed by atoms with E-state index in [0.29, 0.717) is 16.3 Å². The summed E-state index contributed by atoms with van der Waals surface area (Å²) >= 11 is 5.81. The molecule has 0 aromatic heterocycles. The van der Waals surface area contributed by atoms with Crippen LogP contribution in [0.5, 0.6) is 0 Å². The molecule has 1 amide bonds. The van der Waals surface area contributed by atoms with Crippen LogP contribution in [0.3, 0.4) is 0 Å². The van der Waals surface area contributed by atoms with Crippen LogP contribution in [0.1, 0.15) is 29.3 Å². The maximum atomic E-state index is 13.1. The first kappa shape index (κ1) is 24.7. The van der Waals surface area contributed by atoms with Crippen molar-refractivity contribution in [1.82, 2.24) is 5.32 Å². The number of carboxylic acids is 1. The van der Waals surface area contributed by atoms with E-state index < -0.39 is 42.3 Å². The summed E-state index contributed by atoms with van der Waals surface area (Å²) in [5.41, 5.74) is 1.06.